The van der Waals surface area contributed by atoms with Gasteiger partial charge in [0.2, 0.25) is 5.95 Å². The molecule has 0 N–H and O–H groups in total. The lowest BCUT2D eigenvalue weighted by Gasteiger charge is -2.17. The summed E-state index contributed by atoms with van der Waals surface area (Å²) in [5.74, 6) is 1.71. The molecular weight excluding hydrogens is 164 g/mol. The highest BCUT2D eigenvalue weighted by atomic mass is 15.3. The van der Waals surface area contributed by atoms with Crippen LogP contribution in [0.2, 0.25) is 0 Å². The van der Waals surface area contributed by atoms with E-state index in [0.717, 1.165) is 18.3 Å². The zero-order chi connectivity index (χ0) is 9.84. The Morgan fingerprint density at radius 1 is 1.31 bits per heavy atom. The molecule has 0 saturated carbocycles. The van der Waals surface area contributed by atoms with E-state index in [9.17, 15) is 0 Å². The fourth-order valence-corrected chi connectivity index (χ4v) is 0.929. The van der Waals surface area contributed by atoms with Crippen LogP contribution in [0.5, 0.6) is 0 Å². The summed E-state index contributed by atoms with van der Waals surface area (Å²) in [6.45, 7) is 3.04. The average molecular weight is 180 g/mol. The molecule has 0 spiro atoms. The van der Waals surface area contributed by atoms with Crippen LogP contribution in [0.3, 0.4) is 0 Å². The number of aromatic nitrogens is 2. The van der Waals surface area contributed by atoms with Crippen LogP contribution in [0.1, 0.15) is 6.92 Å². The lowest BCUT2D eigenvalue weighted by atomic mass is 10.5. The molecule has 72 valence electrons. The summed E-state index contributed by atoms with van der Waals surface area (Å²) in [6, 6.07) is 1.91. The van der Waals surface area contributed by atoms with Crippen molar-refractivity contribution in [2.75, 3.05) is 37.5 Å². The Bertz CT molecular complexity index is 272. The highest BCUT2D eigenvalue weighted by Crippen LogP contribution is 2.10. The summed E-state index contributed by atoms with van der Waals surface area (Å²) in [6.07, 6.45) is 1.78. The Kier molecular flexibility index (Phi) is 3.06. The molecule has 1 rings (SSSR count). The van der Waals surface area contributed by atoms with Gasteiger partial charge in [-0.25, -0.2) is 4.98 Å². The maximum absolute atomic E-state index is 4.38. The largest absolute Gasteiger partial charge is 0.360 e. The van der Waals surface area contributed by atoms with Gasteiger partial charge in [-0.15, -0.1) is 0 Å². The van der Waals surface area contributed by atoms with Crippen LogP contribution < -0.4 is 9.80 Å². The summed E-state index contributed by atoms with van der Waals surface area (Å²) in [5, 5.41) is 0. The van der Waals surface area contributed by atoms with E-state index in [1.54, 1.807) is 6.20 Å². The molecule has 1 aromatic heterocycles. The molecule has 0 aliphatic carbocycles. The second kappa shape index (κ2) is 4.07. The van der Waals surface area contributed by atoms with Crippen molar-refractivity contribution in [3.05, 3.63) is 12.3 Å². The third-order valence-electron chi connectivity index (χ3n) is 1.89. The van der Waals surface area contributed by atoms with Crippen molar-refractivity contribution in [1.29, 1.82) is 0 Å². The fraction of sp³-hybridized carbons (Fsp3) is 0.556. The van der Waals surface area contributed by atoms with Crippen molar-refractivity contribution in [2.45, 2.75) is 6.92 Å². The second-order valence-corrected chi connectivity index (χ2v) is 3.12. The van der Waals surface area contributed by atoms with Gasteiger partial charge >= 0.3 is 0 Å². The molecule has 0 saturated heterocycles. The van der Waals surface area contributed by atoms with Crippen molar-refractivity contribution in [3.63, 3.8) is 0 Å². The monoisotopic (exact) mass is 180 g/mol. The smallest absolute Gasteiger partial charge is 0.226 e. The van der Waals surface area contributed by atoms with Crippen molar-refractivity contribution >= 4 is 11.8 Å². The molecule has 0 aliphatic heterocycles. The SMILES string of the molecule is CCN(C)c1ccnc(N(C)C)n1. The lowest BCUT2D eigenvalue weighted by molar-refractivity contribution is 0.911. The minimum absolute atomic E-state index is 0.748. The van der Waals surface area contributed by atoms with Crippen LogP contribution in [0.25, 0.3) is 0 Å². The molecule has 0 aliphatic rings. The van der Waals surface area contributed by atoms with Gasteiger partial charge < -0.3 is 9.80 Å². The molecule has 0 aromatic carbocycles. The van der Waals surface area contributed by atoms with Gasteiger partial charge in [0.15, 0.2) is 0 Å². The first kappa shape index (κ1) is 9.77. The summed E-state index contributed by atoms with van der Waals surface area (Å²) < 4.78 is 0. The first-order chi connectivity index (χ1) is 6.15. The van der Waals surface area contributed by atoms with Crippen LogP contribution in [0.4, 0.5) is 11.8 Å². The standard InChI is InChI=1S/C9H16N4/c1-5-13(4)8-6-7-10-9(11-8)12(2)3/h6-7H,5H2,1-4H3. The Morgan fingerprint density at radius 3 is 2.54 bits per heavy atom. The van der Waals surface area contributed by atoms with Crippen molar-refractivity contribution < 1.29 is 0 Å². The topological polar surface area (TPSA) is 32.3 Å². The average Bonchev–Trinajstić information content (AvgIpc) is 2.17. The van der Waals surface area contributed by atoms with Gasteiger partial charge in [-0.05, 0) is 13.0 Å². The van der Waals surface area contributed by atoms with Gasteiger partial charge in [-0.1, -0.05) is 0 Å². The Morgan fingerprint density at radius 2 is 2.00 bits per heavy atom. The third-order valence-corrected chi connectivity index (χ3v) is 1.89. The first-order valence-corrected chi connectivity index (χ1v) is 4.36. The quantitative estimate of drug-likeness (QED) is 0.694. The highest BCUT2D eigenvalue weighted by Gasteiger charge is 2.03. The van der Waals surface area contributed by atoms with Gasteiger partial charge in [0.05, 0.1) is 0 Å². The second-order valence-electron chi connectivity index (χ2n) is 3.12. The predicted octanol–water partition coefficient (Wildman–Crippen LogP) is 0.999. The molecule has 0 atom stereocenters. The van der Waals surface area contributed by atoms with E-state index in [1.807, 2.05) is 32.1 Å². The number of rotatable bonds is 3. The normalized spacial score (nSPS) is 9.85. The number of hydrogen-bond donors (Lipinski definition) is 0. The number of hydrogen-bond acceptors (Lipinski definition) is 4. The van der Waals surface area contributed by atoms with E-state index in [0.29, 0.717) is 0 Å². The van der Waals surface area contributed by atoms with Crippen LogP contribution in [0, 0.1) is 0 Å². The molecule has 0 amide bonds. The minimum atomic E-state index is 0.748. The maximum Gasteiger partial charge on any atom is 0.226 e. The zero-order valence-electron chi connectivity index (χ0n) is 8.65. The molecule has 1 heterocycles. The Balaban J connectivity index is 2.91. The third kappa shape index (κ3) is 2.31. The van der Waals surface area contributed by atoms with Gasteiger partial charge in [-0.3, -0.25) is 0 Å². The molecule has 0 radical (unpaired) electrons. The predicted molar refractivity (Wildman–Crippen MR) is 55.3 cm³/mol. The summed E-state index contributed by atoms with van der Waals surface area (Å²) >= 11 is 0. The Hall–Kier alpha value is -1.32. The molecular formula is C9H16N4. The maximum atomic E-state index is 4.38. The zero-order valence-corrected chi connectivity index (χ0v) is 8.65. The first-order valence-electron chi connectivity index (χ1n) is 4.36. The van der Waals surface area contributed by atoms with Crippen LogP contribution in [-0.4, -0.2) is 37.7 Å². The molecule has 1 aromatic rings. The molecule has 13 heavy (non-hydrogen) atoms. The van der Waals surface area contributed by atoms with E-state index in [1.165, 1.54) is 0 Å². The highest BCUT2D eigenvalue weighted by molar-refractivity contribution is 5.41. The van der Waals surface area contributed by atoms with E-state index in [2.05, 4.69) is 21.8 Å². The van der Waals surface area contributed by atoms with E-state index >= 15 is 0 Å². The minimum Gasteiger partial charge on any atom is -0.360 e. The van der Waals surface area contributed by atoms with E-state index in [4.69, 9.17) is 0 Å². The molecule has 0 fully saturated rings. The summed E-state index contributed by atoms with van der Waals surface area (Å²) in [4.78, 5) is 12.5. The van der Waals surface area contributed by atoms with Crippen molar-refractivity contribution in [3.8, 4) is 0 Å². The van der Waals surface area contributed by atoms with E-state index < -0.39 is 0 Å². The molecule has 0 unspecified atom stereocenters. The number of anilines is 2. The van der Waals surface area contributed by atoms with Crippen LogP contribution >= 0.6 is 0 Å². The van der Waals surface area contributed by atoms with Crippen LogP contribution in [0.15, 0.2) is 12.3 Å². The van der Waals surface area contributed by atoms with Gasteiger partial charge in [0, 0.05) is 33.9 Å². The van der Waals surface area contributed by atoms with Crippen molar-refractivity contribution in [1.82, 2.24) is 9.97 Å². The Labute approximate surface area is 79.2 Å². The molecule has 4 heteroatoms. The molecule has 4 nitrogen and oxygen atoms in total. The fourth-order valence-electron chi connectivity index (χ4n) is 0.929. The summed E-state index contributed by atoms with van der Waals surface area (Å²) in [5.41, 5.74) is 0. The van der Waals surface area contributed by atoms with Gasteiger partial charge in [0.25, 0.3) is 0 Å². The lowest BCUT2D eigenvalue weighted by Crippen LogP contribution is -2.19. The van der Waals surface area contributed by atoms with Crippen molar-refractivity contribution in [2.24, 2.45) is 0 Å². The van der Waals surface area contributed by atoms with Gasteiger partial charge in [-0.2, -0.15) is 4.98 Å². The molecule has 0 bridgehead atoms. The van der Waals surface area contributed by atoms with Gasteiger partial charge in [0.1, 0.15) is 5.82 Å². The van der Waals surface area contributed by atoms with E-state index in [-0.39, 0.29) is 0 Å². The van der Waals surface area contributed by atoms with Crippen LogP contribution in [-0.2, 0) is 0 Å². The summed E-state index contributed by atoms with van der Waals surface area (Å²) in [7, 11) is 5.89. The number of nitrogens with zero attached hydrogens (tertiary/aromatic N) is 4.